The maximum atomic E-state index is 12.5. The zero-order valence-corrected chi connectivity index (χ0v) is 19.6. The zero-order valence-electron chi connectivity index (χ0n) is 18.0. The summed E-state index contributed by atoms with van der Waals surface area (Å²) in [6.45, 7) is 5.46. The lowest BCUT2D eigenvalue weighted by molar-refractivity contribution is -0.131. The van der Waals surface area contributed by atoms with E-state index in [1.54, 1.807) is 0 Å². The van der Waals surface area contributed by atoms with Gasteiger partial charge in [0.2, 0.25) is 11.0 Å². The molecule has 1 aromatic heterocycles. The van der Waals surface area contributed by atoms with Gasteiger partial charge in [0.15, 0.2) is 0 Å². The Morgan fingerprint density at radius 3 is 2.37 bits per heavy atom. The van der Waals surface area contributed by atoms with E-state index in [9.17, 15) is 4.79 Å². The number of carbonyl (C=O) groups excluding carboxylic acids is 1. The minimum Gasteiger partial charge on any atom is -0.343 e. The number of carbonyl (C=O) groups is 1. The Bertz CT molecular complexity index is 772. The quantitative estimate of drug-likeness (QED) is 0.421. The smallest absolute Gasteiger partial charge is 0.222 e. The summed E-state index contributed by atoms with van der Waals surface area (Å²) < 4.78 is 4.52. The summed E-state index contributed by atoms with van der Waals surface area (Å²) in [5.41, 5.74) is 1.16. The first-order valence-electron chi connectivity index (χ1n) is 11.3. The Kier molecular flexibility index (Phi) is 9.40. The summed E-state index contributed by atoms with van der Waals surface area (Å²) in [6.07, 6.45) is 10.1. The highest BCUT2D eigenvalue weighted by Gasteiger charge is 2.23. The van der Waals surface area contributed by atoms with E-state index in [0.717, 1.165) is 54.1 Å². The Labute approximate surface area is 189 Å². The molecule has 164 valence electrons. The van der Waals surface area contributed by atoms with Gasteiger partial charge in [-0.05, 0) is 24.1 Å². The highest BCUT2D eigenvalue weighted by molar-refractivity contribution is 7.09. The van der Waals surface area contributed by atoms with E-state index in [2.05, 4.69) is 16.2 Å². The summed E-state index contributed by atoms with van der Waals surface area (Å²) >= 11 is 7.40. The number of anilines is 1. The van der Waals surface area contributed by atoms with Gasteiger partial charge in [0, 0.05) is 55.6 Å². The van der Waals surface area contributed by atoms with E-state index >= 15 is 0 Å². The second kappa shape index (κ2) is 12.3. The summed E-state index contributed by atoms with van der Waals surface area (Å²) in [5, 5.41) is 1.70. The molecule has 0 spiro atoms. The summed E-state index contributed by atoms with van der Waals surface area (Å²) in [7, 11) is 0. The van der Waals surface area contributed by atoms with Crippen LogP contribution in [0.2, 0.25) is 5.02 Å². The van der Waals surface area contributed by atoms with Gasteiger partial charge in [-0.2, -0.15) is 4.37 Å². The number of piperazine rings is 1. The number of hydrogen-bond acceptors (Lipinski definition) is 5. The van der Waals surface area contributed by atoms with Gasteiger partial charge in [-0.3, -0.25) is 4.79 Å². The van der Waals surface area contributed by atoms with Gasteiger partial charge < -0.3 is 9.80 Å². The van der Waals surface area contributed by atoms with Crippen LogP contribution in [0.1, 0.15) is 69.7 Å². The van der Waals surface area contributed by atoms with Crippen LogP contribution in [0.5, 0.6) is 0 Å². The first kappa shape index (κ1) is 23.0. The zero-order chi connectivity index (χ0) is 21.2. The normalized spacial score (nSPS) is 14.3. The Balaban J connectivity index is 1.36. The van der Waals surface area contributed by atoms with Gasteiger partial charge in [-0.15, -0.1) is 0 Å². The molecule has 30 heavy (non-hydrogen) atoms. The monoisotopic (exact) mass is 448 g/mol. The number of halogens is 1. The molecule has 1 aromatic carbocycles. The van der Waals surface area contributed by atoms with Crippen molar-refractivity contribution in [1.82, 2.24) is 14.3 Å². The molecule has 1 fully saturated rings. The van der Waals surface area contributed by atoms with Gasteiger partial charge in [0.25, 0.3) is 0 Å². The van der Waals surface area contributed by atoms with Crippen LogP contribution in [-0.2, 0) is 11.2 Å². The van der Waals surface area contributed by atoms with Crippen LogP contribution < -0.4 is 4.90 Å². The van der Waals surface area contributed by atoms with Gasteiger partial charge in [-0.25, -0.2) is 4.98 Å². The fourth-order valence-electron chi connectivity index (χ4n) is 3.77. The fourth-order valence-corrected chi connectivity index (χ4v) is 4.63. The molecule has 3 rings (SSSR count). The fraction of sp³-hybridized carbons (Fsp3) is 0.609. The van der Waals surface area contributed by atoms with Crippen molar-refractivity contribution >= 4 is 34.2 Å². The van der Waals surface area contributed by atoms with Crippen molar-refractivity contribution in [3.8, 4) is 0 Å². The number of nitrogens with zero attached hydrogens (tertiary/aromatic N) is 4. The largest absolute Gasteiger partial charge is 0.343 e. The lowest BCUT2D eigenvalue weighted by Crippen LogP contribution is -2.48. The Morgan fingerprint density at radius 2 is 1.67 bits per heavy atom. The maximum Gasteiger partial charge on any atom is 0.222 e. The highest BCUT2D eigenvalue weighted by atomic mass is 35.5. The molecule has 0 atom stereocenters. The van der Waals surface area contributed by atoms with E-state index < -0.39 is 0 Å². The van der Waals surface area contributed by atoms with Gasteiger partial charge in [-0.1, -0.05) is 69.2 Å². The maximum absolute atomic E-state index is 12.5. The molecule has 1 aliphatic heterocycles. The number of unbranched alkanes of at least 4 members (excludes halogenated alkanes) is 6. The van der Waals surface area contributed by atoms with Crippen molar-refractivity contribution in [1.29, 1.82) is 0 Å². The predicted octanol–water partition coefficient (Wildman–Crippen LogP) is 5.57. The van der Waals surface area contributed by atoms with Crippen LogP contribution in [0.15, 0.2) is 24.3 Å². The molecule has 0 bridgehead atoms. The van der Waals surface area contributed by atoms with E-state index in [1.807, 2.05) is 29.2 Å². The average molecular weight is 449 g/mol. The second-order valence-corrected chi connectivity index (χ2v) is 9.20. The molecule has 2 aromatic rings. The van der Waals surface area contributed by atoms with Crippen molar-refractivity contribution in [2.24, 2.45) is 0 Å². The molecule has 1 amide bonds. The molecule has 2 heterocycles. The summed E-state index contributed by atoms with van der Waals surface area (Å²) in [4.78, 5) is 21.5. The standard InChI is InChI=1S/C23H33ClN4OS/c1-2-3-4-5-6-7-8-9-22(29)27-14-16-28(17-15-27)23-25-21(26-30-23)18-19-10-12-20(24)13-11-19/h10-13H,2-9,14-18H2,1H3. The molecule has 0 N–H and O–H groups in total. The van der Waals surface area contributed by atoms with Crippen molar-refractivity contribution < 1.29 is 4.79 Å². The van der Waals surface area contributed by atoms with Gasteiger partial charge >= 0.3 is 0 Å². The molecule has 1 saturated heterocycles. The van der Waals surface area contributed by atoms with Crippen molar-refractivity contribution in [3.05, 3.63) is 40.7 Å². The lowest BCUT2D eigenvalue weighted by Gasteiger charge is -2.34. The molecular weight excluding hydrogens is 416 g/mol. The molecule has 0 unspecified atom stereocenters. The number of hydrogen-bond donors (Lipinski definition) is 0. The summed E-state index contributed by atoms with van der Waals surface area (Å²) in [6, 6.07) is 7.82. The lowest BCUT2D eigenvalue weighted by atomic mass is 10.1. The van der Waals surface area contributed by atoms with Crippen molar-refractivity contribution in [2.45, 2.75) is 64.7 Å². The number of amides is 1. The van der Waals surface area contributed by atoms with Crippen LogP contribution >= 0.6 is 23.1 Å². The van der Waals surface area contributed by atoms with Gasteiger partial charge in [0.05, 0.1) is 0 Å². The number of aromatic nitrogens is 2. The van der Waals surface area contributed by atoms with E-state index in [-0.39, 0.29) is 0 Å². The van der Waals surface area contributed by atoms with Crippen molar-refractivity contribution in [2.75, 3.05) is 31.1 Å². The summed E-state index contributed by atoms with van der Waals surface area (Å²) in [5.74, 6) is 1.15. The number of rotatable bonds is 11. The number of benzene rings is 1. The molecule has 0 saturated carbocycles. The molecular formula is C23H33ClN4OS. The average Bonchev–Trinajstić information content (AvgIpc) is 3.23. The predicted molar refractivity (Wildman–Crippen MR) is 126 cm³/mol. The van der Waals surface area contributed by atoms with Crippen LogP contribution in [-0.4, -0.2) is 46.3 Å². The Hall–Kier alpha value is -1.66. The van der Waals surface area contributed by atoms with E-state index in [0.29, 0.717) is 18.7 Å². The van der Waals surface area contributed by atoms with Crippen LogP contribution in [0.4, 0.5) is 5.13 Å². The molecule has 1 aliphatic rings. The third-order valence-electron chi connectivity index (χ3n) is 5.63. The van der Waals surface area contributed by atoms with Crippen LogP contribution in [0, 0.1) is 0 Å². The van der Waals surface area contributed by atoms with Crippen LogP contribution in [0.3, 0.4) is 0 Å². The minimum absolute atomic E-state index is 0.309. The first-order chi connectivity index (χ1) is 14.7. The molecule has 7 heteroatoms. The topological polar surface area (TPSA) is 49.3 Å². The molecule has 0 radical (unpaired) electrons. The highest BCUT2D eigenvalue weighted by Crippen LogP contribution is 2.21. The van der Waals surface area contributed by atoms with E-state index in [4.69, 9.17) is 16.6 Å². The molecule has 0 aliphatic carbocycles. The van der Waals surface area contributed by atoms with Crippen LogP contribution in [0.25, 0.3) is 0 Å². The third kappa shape index (κ3) is 7.24. The van der Waals surface area contributed by atoms with Crippen molar-refractivity contribution in [3.63, 3.8) is 0 Å². The Morgan fingerprint density at radius 1 is 1.00 bits per heavy atom. The minimum atomic E-state index is 0.309. The van der Waals surface area contributed by atoms with Gasteiger partial charge in [0.1, 0.15) is 5.82 Å². The molecule has 5 nitrogen and oxygen atoms in total. The third-order valence-corrected chi connectivity index (χ3v) is 6.70. The second-order valence-electron chi connectivity index (χ2n) is 8.04. The van der Waals surface area contributed by atoms with E-state index in [1.165, 1.54) is 50.1 Å². The SMILES string of the molecule is CCCCCCCCCC(=O)N1CCN(c2nc(Cc3ccc(Cl)cc3)ns2)CC1. The first-order valence-corrected chi connectivity index (χ1v) is 12.4.